The average molecular weight is 538 g/mol. The summed E-state index contributed by atoms with van der Waals surface area (Å²) >= 11 is 0. The van der Waals surface area contributed by atoms with Crippen molar-refractivity contribution in [1.29, 1.82) is 0 Å². The number of likely N-dealkylation sites (tertiary alicyclic amines) is 1. The standard InChI is InChI=1S/C31H43N3O5/c1-6-38-16-8-15-34-27(29(36)33-23-10-7-9-19(3)21(23)5)31-14-13-24(39-31)25(26(31)30(34)37)28(35)32-22-12-11-18(2)20(4)17-22/h11-14,17,19,21,23-27H,6-10,15-16H2,1-5H3,(H,32,35)(H,33,36)/t19-,21-,23-,24+,25-,26+,27+,31+/m1/s1. The van der Waals surface area contributed by atoms with Crippen LogP contribution >= 0.6 is 0 Å². The Hall–Kier alpha value is -2.71. The molecule has 39 heavy (non-hydrogen) atoms. The van der Waals surface area contributed by atoms with Crippen LogP contribution in [0.4, 0.5) is 5.69 Å². The molecule has 1 spiro atoms. The molecule has 4 aliphatic rings. The molecule has 3 heterocycles. The topological polar surface area (TPSA) is 97.0 Å². The molecule has 8 heteroatoms. The maximum Gasteiger partial charge on any atom is 0.246 e. The second kappa shape index (κ2) is 11.0. The number of rotatable bonds is 9. The molecule has 1 aromatic rings. The zero-order valence-corrected chi connectivity index (χ0v) is 23.9. The second-order valence-corrected chi connectivity index (χ2v) is 12.0. The molecule has 2 bridgehead atoms. The van der Waals surface area contributed by atoms with Crippen LogP contribution in [0.2, 0.25) is 0 Å². The summed E-state index contributed by atoms with van der Waals surface area (Å²) in [6.45, 7) is 11.9. The van der Waals surface area contributed by atoms with E-state index in [-0.39, 0.29) is 23.8 Å². The first-order chi connectivity index (χ1) is 18.7. The molecule has 0 unspecified atom stereocenters. The van der Waals surface area contributed by atoms with Crippen molar-refractivity contribution in [2.75, 3.05) is 25.1 Å². The Bertz CT molecular complexity index is 1150. The molecule has 3 fully saturated rings. The van der Waals surface area contributed by atoms with Gasteiger partial charge in [0.1, 0.15) is 11.6 Å². The molecule has 1 aromatic carbocycles. The van der Waals surface area contributed by atoms with E-state index >= 15 is 0 Å². The number of hydrogen-bond acceptors (Lipinski definition) is 5. The fraction of sp³-hybridized carbons (Fsp3) is 0.645. The maximum atomic E-state index is 14.0. The second-order valence-electron chi connectivity index (χ2n) is 12.0. The van der Waals surface area contributed by atoms with Crippen molar-refractivity contribution in [3.8, 4) is 0 Å². The van der Waals surface area contributed by atoms with E-state index < -0.39 is 29.6 Å². The number of hydrogen-bond donors (Lipinski definition) is 2. The number of benzene rings is 1. The smallest absolute Gasteiger partial charge is 0.246 e. The molecule has 8 atom stereocenters. The summed E-state index contributed by atoms with van der Waals surface area (Å²) < 4.78 is 12.0. The van der Waals surface area contributed by atoms with E-state index in [0.29, 0.717) is 43.7 Å². The van der Waals surface area contributed by atoms with Gasteiger partial charge in [-0.1, -0.05) is 44.9 Å². The number of ether oxygens (including phenoxy) is 2. The molecular weight excluding hydrogens is 494 g/mol. The van der Waals surface area contributed by atoms with Gasteiger partial charge in [0.25, 0.3) is 0 Å². The summed E-state index contributed by atoms with van der Waals surface area (Å²) in [6.07, 6.45) is 6.97. The van der Waals surface area contributed by atoms with Crippen molar-refractivity contribution in [1.82, 2.24) is 10.2 Å². The third-order valence-corrected chi connectivity index (χ3v) is 9.63. The van der Waals surface area contributed by atoms with E-state index in [1.54, 1.807) is 4.90 Å². The van der Waals surface area contributed by atoms with Crippen molar-refractivity contribution in [2.24, 2.45) is 23.7 Å². The Morgan fingerprint density at radius 2 is 1.95 bits per heavy atom. The first kappa shape index (κ1) is 27.8. The third kappa shape index (κ3) is 4.91. The number of amides is 3. The molecule has 2 N–H and O–H groups in total. The third-order valence-electron chi connectivity index (χ3n) is 9.63. The normalized spacial score (nSPS) is 34.8. The summed E-state index contributed by atoms with van der Waals surface area (Å²) in [5, 5.41) is 6.32. The average Bonchev–Trinajstić information content (AvgIpc) is 3.54. The van der Waals surface area contributed by atoms with E-state index in [1.807, 2.05) is 51.1 Å². The van der Waals surface area contributed by atoms with Crippen LogP contribution in [0.5, 0.6) is 0 Å². The molecule has 0 aromatic heterocycles. The van der Waals surface area contributed by atoms with Gasteiger partial charge >= 0.3 is 0 Å². The number of fused-ring (bicyclic) bond motifs is 1. The monoisotopic (exact) mass is 537 g/mol. The number of aryl methyl sites for hydroxylation is 2. The van der Waals surface area contributed by atoms with Crippen LogP contribution in [0.15, 0.2) is 30.4 Å². The minimum absolute atomic E-state index is 0.0588. The fourth-order valence-corrected chi connectivity index (χ4v) is 7.08. The van der Waals surface area contributed by atoms with Gasteiger partial charge in [0.15, 0.2) is 0 Å². The summed E-state index contributed by atoms with van der Waals surface area (Å²) in [4.78, 5) is 43.4. The van der Waals surface area contributed by atoms with Crippen LogP contribution in [0, 0.1) is 37.5 Å². The highest BCUT2D eigenvalue weighted by Crippen LogP contribution is 2.55. The fourth-order valence-electron chi connectivity index (χ4n) is 7.08. The van der Waals surface area contributed by atoms with Gasteiger partial charge in [-0.2, -0.15) is 0 Å². The number of anilines is 1. The van der Waals surface area contributed by atoms with Crippen LogP contribution in [-0.4, -0.2) is 66.2 Å². The van der Waals surface area contributed by atoms with Crippen LogP contribution in [0.3, 0.4) is 0 Å². The van der Waals surface area contributed by atoms with Gasteiger partial charge in [0, 0.05) is 31.5 Å². The number of nitrogens with zero attached hydrogens (tertiary/aromatic N) is 1. The lowest BCUT2D eigenvalue weighted by Gasteiger charge is -2.38. The highest BCUT2D eigenvalue weighted by Gasteiger charge is 2.72. The lowest BCUT2D eigenvalue weighted by atomic mass is 9.73. The first-order valence-corrected chi connectivity index (χ1v) is 14.6. The van der Waals surface area contributed by atoms with Crippen molar-refractivity contribution in [2.45, 2.75) is 84.1 Å². The molecular formula is C31H43N3O5. The zero-order valence-electron chi connectivity index (χ0n) is 23.9. The van der Waals surface area contributed by atoms with Crippen molar-refractivity contribution < 1.29 is 23.9 Å². The van der Waals surface area contributed by atoms with Crippen molar-refractivity contribution in [3.05, 3.63) is 41.5 Å². The SMILES string of the molecule is CCOCCCN1C(=O)[C@@H]2[C@H](C(=O)Nc3ccc(C)c(C)c3)[C@@H]3C=C[C@@]2(O3)[C@@H]1C(=O)N[C@@H]1CCC[C@@H](C)[C@H]1C. The van der Waals surface area contributed by atoms with Gasteiger partial charge in [-0.25, -0.2) is 0 Å². The van der Waals surface area contributed by atoms with E-state index in [1.165, 1.54) is 0 Å². The maximum absolute atomic E-state index is 14.0. The summed E-state index contributed by atoms with van der Waals surface area (Å²) in [5.74, 6) is -1.20. The minimum atomic E-state index is -1.15. The molecule has 1 saturated carbocycles. The van der Waals surface area contributed by atoms with Gasteiger partial charge in [0.05, 0.1) is 17.9 Å². The van der Waals surface area contributed by atoms with E-state index in [4.69, 9.17) is 9.47 Å². The Balaban J connectivity index is 1.41. The zero-order chi connectivity index (χ0) is 27.9. The Morgan fingerprint density at radius 1 is 1.15 bits per heavy atom. The molecule has 3 aliphatic heterocycles. The predicted octanol–water partition coefficient (Wildman–Crippen LogP) is 3.76. The van der Waals surface area contributed by atoms with Gasteiger partial charge < -0.3 is 25.0 Å². The molecule has 5 rings (SSSR count). The molecule has 8 nitrogen and oxygen atoms in total. The van der Waals surface area contributed by atoms with Gasteiger partial charge in [-0.05, 0) is 68.7 Å². The number of carbonyl (C=O) groups excluding carboxylic acids is 3. The van der Waals surface area contributed by atoms with Crippen molar-refractivity contribution in [3.63, 3.8) is 0 Å². The lowest BCUT2D eigenvalue weighted by molar-refractivity contribution is -0.141. The first-order valence-electron chi connectivity index (χ1n) is 14.6. The molecule has 2 saturated heterocycles. The molecule has 3 amide bonds. The van der Waals surface area contributed by atoms with Crippen LogP contribution in [0.25, 0.3) is 0 Å². The van der Waals surface area contributed by atoms with E-state index in [2.05, 4.69) is 24.5 Å². The van der Waals surface area contributed by atoms with Gasteiger partial charge in [-0.3, -0.25) is 14.4 Å². The Morgan fingerprint density at radius 3 is 2.69 bits per heavy atom. The Labute approximate surface area is 231 Å². The van der Waals surface area contributed by atoms with Gasteiger partial charge in [0.2, 0.25) is 17.7 Å². The molecule has 1 aliphatic carbocycles. The largest absolute Gasteiger partial charge is 0.382 e. The Kier molecular flexibility index (Phi) is 7.89. The predicted molar refractivity (Wildman–Crippen MR) is 149 cm³/mol. The summed E-state index contributed by atoms with van der Waals surface area (Å²) in [7, 11) is 0. The summed E-state index contributed by atoms with van der Waals surface area (Å²) in [5.41, 5.74) is 1.76. The molecule has 0 radical (unpaired) electrons. The highest BCUT2D eigenvalue weighted by atomic mass is 16.5. The van der Waals surface area contributed by atoms with Crippen LogP contribution in [0.1, 0.15) is 57.6 Å². The molecule has 212 valence electrons. The number of nitrogens with one attached hydrogen (secondary N) is 2. The van der Waals surface area contributed by atoms with Crippen LogP contribution < -0.4 is 10.6 Å². The highest BCUT2D eigenvalue weighted by molar-refractivity contribution is 6.02. The summed E-state index contributed by atoms with van der Waals surface area (Å²) in [6, 6.07) is 5.02. The van der Waals surface area contributed by atoms with Gasteiger partial charge in [-0.15, -0.1) is 0 Å². The van der Waals surface area contributed by atoms with E-state index in [9.17, 15) is 14.4 Å². The van der Waals surface area contributed by atoms with Crippen molar-refractivity contribution >= 4 is 23.4 Å². The number of carbonyl (C=O) groups is 3. The van der Waals surface area contributed by atoms with E-state index in [0.717, 1.165) is 30.4 Å². The van der Waals surface area contributed by atoms with Crippen LogP contribution in [-0.2, 0) is 23.9 Å². The quantitative estimate of drug-likeness (QED) is 0.369. The lowest BCUT2D eigenvalue weighted by Crippen LogP contribution is -2.58. The minimum Gasteiger partial charge on any atom is -0.382 e.